The summed E-state index contributed by atoms with van der Waals surface area (Å²) in [5.41, 5.74) is 1.11. The first-order valence-electron chi connectivity index (χ1n) is 5.32. The van der Waals surface area contributed by atoms with E-state index < -0.39 is 0 Å². The van der Waals surface area contributed by atoms with Crippen molar-refractivity contribution < 1.29 is 0 Å². The maximum atomic E-state index is 6.35. The van der Waals surface area contributed by atoms with Crippen LogP contribution in [0.1, 0.15) is 17.7 Å². The third-order valence-electron chi connectivity index (χ3n) is 2.97. The van der Waals surface area contributed by atoms with Crippen molar-refractivity contribution in [3.8, 4) is 0 Å². The fraction of sp³-hybridized carbons (Fsp3) is 0.417. The molecular weight excluding hydrogens is 226 g/mol. The molecule has 2 aromatic rings. The van der Waals surface area contributed by atoms with E-state index in [0.29, 0.717) is 5.38 Å². The highest BCUT2D eigenvalue weighted by atomic mass is 35.5. The molecule has 0 N–H and O–H groups in total. The van der Waals surface area contributed by atoms with E-state index in [9.17, 15) is 0 Å². The molecular formula is C12H12ClNS. The highest BCUT2D eigenvalue weighted by Gasteiger charge is 2.30. The number of benzene rings is 1. The van der Waals surface area contributed by atoms with Crippen LogP contribution in [0.5, 0.6) is 0 Å². The first kappa shape index (κ1) is 9.61. The van der Waals surface area contributed by atoms with Crippen LogP contribution in [0, 0.1) is 5.92 Å². The van der Waals surface area contributed by atoms with Crippen LogP contribution in [0.3, 0.4) is 0 Å². The zero-order valence-electron chi connectivity index (χ0n) is 8.32. The van der Waals surface area contributed by atoms with Gasteiger partial charge in [-0.3, -0.25) is 0 Å². The van der Waals surface area contributed by atoms with Gasteiger partial charge < -0.3 is 0 Å². The molecule has 0 amide bonds. The molecule has 1 heterocycles. The second kappa shape index (κ2) is 3.76. The minimum absolute atomic E-state index is 0.314. The molecule has 1 aromatic heterocycles. The third kappa shape index (κ3) is 1.88. The van der Waals surface area contributed by atoms with Crippen LogP contribution in [0.15, 0.2) is 24.3 Å². The first-order chi connectivity index (χ1) is 7.34. The number of aromatic nitrogens is 1. The molecule has 1 saturated carbocycles. The largest absolute Gasteiger partial charge is 0.192 e. The summed E-state index contributed by atoms with van der Waals surface area (Å²) in [4.78, 5) is 1.34. The van der Waals surface area contributed by atoms with E-state index >= 15 is 0 Å². The average molecular weight is 238 g/mol. The van der Waals surface area contributed by atoms with Gasteiger partial charge in [0.05, 0.1) is 5.52 Å². The van der Waals surface area contributed by atoms with Crippen LogP contribution < -0.4 is 0 Å². The van der Waals surface area contributed by atoms with Gasteiger partial charge in [0, 0.05) is 22.1 Å². The molecule has 1 fully saturated rings. The normalized spacial score (nSPS) is 18.2. The summed E-state index contributed by atoms with van der Waals surface area (Å²) in [5.74, 6) is 0.757. The van der Waals surface area contributed by atoms with Gasteiger partial charge in [-0.1, -0.05) is 18.2 Å². The van der Waals surface area contributed by atoms with Gasteiger partial charge in [-0.05, 0) is 36.4 Å². The van der Waals surface area contributed by atoms with Crippen LogP contribution in [0.4, 0.5) is 0 Å². The summed E-state index contributed by atoms with van der Waals surface area (Å²) in [5, 5.41) is 1.60. The van der Waals surface area contributed by atoms with Crippen molar-refractivity contribution in [3.05, 3.63) is 29.1 Å². The van der Waals surface area contributed by atoms with Crippen molar-refractivity contribution >= 4 is 34.0 Å². The van der Waals surface area contributed by atoms with Crippen molar-refractivity contribution in [3.63, 3.8) is 0 Å². The summed E-state index contributed by atoms with van der Waals surface area (Å²) in [7, 11) is 0. The molecule has 1 atom stereocenters. The summed E-state index contributed by atoms with van der Waals surface area (Å²) in [6.07, 6.45) is 3.60. The maximum Gasteiger partial charge on any atom is 0.0843 e. The minimum atomic E-state index is 0.314. The number of fused-ring (bicyclic) bond motifs is 1. The maximum absolute atomic E-state index is 6.35. The lowest BCUT2D eigenvalue weighted by Crippen LogP contribution is -2.04. The molecule has 0 aliphatic heterocycles. The minimum Gasteiger partial charge on any atom is -0.192 e. The van der Waals surface area contributed by atoms with Crippen molar-refractivity contribution in [2.24, 2.45) is 5.92 Å². The fourth-order valence-electron chi connectivity index (χ4n) is 1.89. The predicted molar refractivity (Wildman–Crippen MR) is 65.7 cm³/mol. The first-order valence-corrected chi connectivity index (χ1v) is 6.53. The van der Waals surface area contributed by atoms with Crippen LogP contribution in [0.25, 0.3) is 10.9 Å². The van der Waals surface area contributed by atoms with E-state index in [4.69, 9.17) is 11.6 Å². The number of hydrogen-bond acceptors (Lipinski definition) is 2. The summed E-state index contributed by atoms with van der Waals surface area (Å²) < 4.78 is 4.43. The molecule has 1 unspecified atom stereocenters. The highest BCUT2D eigenvalue weighted by molar-refractivity contribution is 7.07. The van der Waals surface area contributed by atoms with Crippen LogP contribution >= 0.6 is 23.1 Å². The average Bonchev–Trinajstić information content (AvgIpc) is 3.03. The molecule has 0 bridgehead atoms. The number of halogens is 1. The van der Waals surface area contributed by atoms with E-state index in [2.05, 4.69) is 22.6 Å². The molecule has 1 nitrogen and oxygen atoms in total. The second-order valence-corrected chi connectivity index (χ2v) is 5.60. The summed E-state index contributed by atoms with van der Waals surface area (Å²) in [6.45, 7) is 0. The molecule has 1 aliphatic carbocycles. The Morgan fingerprint density at radius 2 is 2.20 bits per heavy atom. The standard InChI is InChI=1S/C12H12ClNS/c13-10(8-5-6-8)7-12-9-3-1-2-4-11(9)14-15-12/h1-4,8,10H,5-7H2. The molecule has 78 valence electrons. The van der Waals surface area contributed by atoms with Crippen LogP contribution in [-0.2, 0) is 6.42 Å². The van der Waals surface area contributed by atoms with E-state index in [1.165, 1.54) is 23.1 Å². The second-order valence-electron chi connectivity index (χ2n) is 4.18. The molecule has 15 heavy (non-hydrogen) atoms. The van der Waals surface area contributed by atoms with Gasteiger partial charge in [0.15, 0.2) is 0 Å². The van der Waals surface area contributed by atoms with E-state index in [0.717, 1.165) is 17.9 Å². The van der Waals surface area contributed by atoms with E-state index in [1.54, 1.807) is 11.5 Å². The fourth-order valence-corrected chi connectivity index (χ4v) is 3.28. The lowest BCUT2D eigenvalue weighted by atomic mass is 10.1. The number of nitrogens with zero attached hydrogens (tertiary/aromatic N) is 1. The summed E-state index contributed by atoms with van der Waals surface area (Å²) >= 11 is 7.95. The lowest BCUT2D eigenvalue weighted by molar-refractivity contribution is 0.746. The van der Waals surface area contributed by atoms with Gasteiger partial charge in [-0.25, -0.2) is 0 Å². The Morgan fingerprint density at radius 3 is 3.00 bits per heavy atom. The van der Waals surface area contributed by atoms with Gasteiger partial charge in [0.2, 0.25) is 0 Å². The Morgan fingerprint density at radius 1 is 1.40 bits per heavy atom. The Kier molecular flexibility index (Phi) is 2.41. The smallest absolute Gasteiger partial charge is 0.0843 e. The van der Waals surface area contributed by atoms with Crippen LogP contribution in [0.2, 0.25) is 0 Å². The Bertz CT molecular complexity index is 475. The van der Waals surface area contributed by atoms with E-state index in [1.807, 2.05) is 6.07 Å². The van der Waals surface area contributed by atoms with E-state index in [-0.39, 0.29) is 0 Å². The predicted octanol–water partition coefficient (Wildman–Crippen LogP) is 3.86. The van der Waals surface area contributed by atoms with Crippen molar-refractivity contribution in [1.82, 2.24) is 4.37 Å². The number of hydrogen-bond donors (Lipinski definition) is 0. The SMILES string of the molecule is ClC(Cc1snc2ccccc12)C1CC1. The lowest BCUT2D eigenvalue weighted by Gasteiger charge is -2.04. The number of rotatable bonds is 3. The zero-order chi connectivity index (χ0) is 10.3. The number of alkyl halides is 1. The van der Waals surface area contributed by atoms with Crippen molar-refractivity contribution in [2.75, 3.05) is 0 Å². The van der Waals surface area contributed by atoms with Gasteiger partial charge in [-0.2, -0.15) is 4.37 Å². The van der Waals surface area contributed by atoms with Crippen molar-refractivity contribution in [2.45, 2.75) is 24.6 Å². The highest BCUT2D eigenvalue weighted by Crippen LogP contribution is 2.38. The Labute approximate surface area is 98.2 Å². The monoisotopic (exact) mass is 237 g/mol. The molecule has 0 spiro atoms. The topological polar surface area (TPSA) is 12.9 Å². The molecule has 1 aliphatic rings. The molecule has 3 rings (SSSR count). The van der Waals surface area contributed by atoms with Crippen LogP contribution in [-0.4, -0.2) is 9.75 Å². The summed E-state index contributed by atoms with van der Waals surface area (Å²) in [6, 6.07) is 8.31. The Hall–Kier alpha value is -0.600. The van der Waals surface area contributed by atoms with Gasteiger partial charge in [0.1, 0.15) is 0 Å². The van der Waals surface area contributed by atoms with Gasteiger partial charge >= 0.3 is 0 Å². The Balaban J connectivity index is 1.90. The van der Waals surface area contributed by atoms with Gasteiger partial charge in [-0.15, -0.1) is 11.6 Å². The molecule has 0 radical (unpaired) electrons. The molecule has 1 aromatic carbocycles. The molecule has 0 saturated heterocycles. The van der Waals surface area contributed by atoms with Crippen molar-refractivity contribution in [1.29, 1.82) is 0 Å². The third-order valence-corrected chi connectivity index (χ3v) is 4.38. The van der Waals surface area contributed by atoms with Gasteiger partial charge in [0.25, 0.3) is 0 Å². The zero-order valence-corrected chi connectivity index (χ0v) is 9.89. The quantitative estimate of drug-likeness (QED) is 0.739. The molecule has 3 heteroatoms.